The fourth-order valence-electron chi connectivity index (χ4n) is 2.57. The largest absolute Gasteiger partial charge is 0.470 e. The number of furan rings is 1. The van der Waals surface area contributed by atoms with Crippen LogP contribution in [0.25, 0.3) is 0 Å². The molecule has 4 aromatic rings. The van der Waals surface area contributed by atoms with Crippen molar-refractivity contribution in [2.24, 2.45) is 0 Å². The lowest BCUT2D eigenvalue weighted by molar-refractivity contribution is 0.534. The van der Waals surface area contributed by atoms with Crippen LogP contribution in [-0.4, -0.2) is 16.0 Å². The minimum absolute atomic E-state index is 0.963. The minimum atomic E-state index is 0.963. The molecule has 1 aliphatic rings. The van der Waals surface area contributed by atoms with Crippen molar-refractivity contribution < 1.29 is 4.42 Å². The summed E-state index contributed by atoms with van der Waals surface area (Å²) in [6.07, 6.45) is 6.35. The van der Waals surface area contributed by atoms with Crippen molar-refractivity contribution in [3.63, 3.8) is 0 Å². The van der Waals surface area contributed by atoms with Gasteiger partial charge in [0.15, 0.2) is 0 Å². The van der Waals surface area contributed by atoms with Gasteiger partial charge < -0.3 is 4.42 Å². The fourth-order valence-corrected chi connectivity index (χ4v) is 4.17. The molecule has 4 heterocycles. The molecule has 4 heteroatoms. The first-order valence-corrected chi connectivity index (χ1v) is 13.3. The fraction of sp³-hybridized carbons (Fsp3) is 0.345. The highest BCUT2D eigenvalue weighted by molar-refractivity contribution is 8.00. The zero-order valence-corrected chi connectivity index (χ0v) is 22.6. The van der Waals surface area contributed by atoms with Crippen LogP contribution < -0.4 is 0 Å². The third-order valence-electron chi connectivity index (χ3n) is 4.72. The van der Waals surface area contributed by atoms with Gasteiger partial charge in [-0.3, -0.25) is 4.98 Å². The number of benzene rings is 1. The first kappa shape index (κ1) is 28.7. The molecular weight excluding hydrogens is 442 g/mol. The Bertz CT molecular complexity index is 876. The van der Waals surface area contributed by atoms with Gasteiger partial charge in [-0.2, -0.15) is 11.8 Å². The monoisotopic (exact) mass is 481 g/mol. The Kier molecular flexibility index (Phi) is 15.8. The number of pyridine rings is 1. The van der Waals surface area contributed by atoms with Crippen molar-refractivity contribution in [3.8, 4) is 0 Å². The van der Waals surface area contributed by atoms with E-state index < -0.39 is 0 Å². The Hall–Kier alpha value is -2.30. The van der Waals surface area contributed by atoms with Crippen molar-refractivity contribution in [2.45, 2.75) is 59.6 Å². The molecule has 1 aliphatic heterocycles. The molecule has 1 fully saturated rings. The average Bonchev–Trinajstić information content (AvgIpc) is 3.58. The van der Waals surface area contributed by atoms with E-state index in [1.807, 2.05) is 44.2 Å². The van der Waals surface area contributed by atoms with Gasteiger partial charge in [-0.05, 0) is 100 Å². The van der Waals surface area contributed by atoms with E-state index in [9.17, 15) is 0 Å². The van der Waals surface area contributed by atoms with Crippen molar-refractivity contribution in [3.05, 3.63) is 112 Å². The summed E-state index contributed by atoms with van der Waals surface area (Å²) in [4.78, 5) is 5.36. The zero-order valence-electron chi connectivity index (χ0n) is 21.0. The Morgan fingerprint density at radius 1 is 0.818 bits per heavy atom. The Morgan fingerprint density at radius 2 is 1.52 bits per heavy atom. The average molecular weight is 482 g/mol. The number of hydrogen-bond donors (Lipinski definition) is 0. The first-order valence-electron chi connectivity index (χ1n) is 11.4. The molecule has 0 saturated carbocycles. The molecule has 2 nitrogen and oxygen atoms in total. The van der Waals surface area contributed by atoms with E-state index in [-0.39, 0.29) is 0 Å². The smallest absolute Gasteiger partial charge is 0.100 e. The summed E-state index contributed by atoms with van der Waals surface area (Å²) in [5.74, 6) is 2.37. The summed E-state index contributed by atoms with van der Waals surface area (Å²) in [5, 5.41) is 3.04. The molecule has 0 aliphatic carbocycles. The lowest BCUT2D eigenvalue weighted by Crippen LogP contribution is -1.82. The molecule has 3 aromatic heterocycles. The summed E-state index contributed by atoms with van der Waals surface area (Å²) in [5.41, 5.74) is 3.81. The van der Waals surface area contributed by atoms with E-state index in [2.05, 4.69) is 86.2 Å². The predicted molar refractivity (Wildman–Crippen MR) is 149 cm³/mol. The van der Waals surface area contributed by atoms with Gasteiger partial charge in [0.05, 0.1) is 6.26 Å². The number of aryl methyl sites for hydroxylation is 5. The summed E-state index contributed by atoms with van der Waals surface area (Å²) in [6.45, 7) is 12.5. The van der Waals surface area contributed by atoms with Crippen molar-refractivity contribution in [2.75, 3.05) is 5.75 Å². The number of nitrogens with zero attached hydrogens (tertiary/aromatic N) is 1. The van der Waals surface area contributed by atoms with Crippen LogP contribution in [0.2, 0.25) is 0 Å². The molecule has 0 spiro atoms. The van der Waals surface area contributed by atoms with Crippen molar-refractivity contribution in [1.29, 1.82) is 0 Å². The Labute approximate surface area is 209 Å². The Morgan fingerprint density at radius 3 is 1.73 bits per heavy atom. The SMILES string of the molecule is CC1CCCS1.Cc1ccccc1C.Cc1ccccn1.Cc1ccco1.Cc1cccs1. The summed E-state index contributed by atoms with van der Waals surface area (Å²) < 4.78 is 4.83. The van der Waals surface area contributed by atoms with Crippen LogP contribution in [0.15, 0.2) is 89.0 Å². The lowest BCUT2D eigenvalue weighted by atomic mass is 10.1. The maximum absolute atomic E-state index is 4.83. The third-order valence-corrected chi connectivity index (χ3v) is 6.85. The summed E-state index contributed by atoms with van der Waals surface area (Å²) >= 11 is 3.88. The van der Waals surface area contributed by atoms with Gasteiger partial charge >= 0.3 is 0 Å². The highest BCUT2D eigenvalue weighted by atomic mass is 32.2. The molecular formula is C29H39NOS2. The van der Waals surface area contributed by atoms with E-state index in [1.54, 1.807) is 23.8 Å². The standard InChI is InChI=1S/C8H10.C6H7N.C5H6O.C5H10S.C5H6S/c1-7-5-3-4-6-8(7)2;1-6-4-2-3-5-7-6;3*1-5-3-2-4-6-5/h3-6H,1-2H3;2-5H,1H3;2-4H,1H3;5H,2-4H2,1H3;2-4H,1H3. The highest BCUT2D eigenvalue weighted by Crippen LogP contribution is 2.24. The van der Waals surface area contributed by atoms with Crippen molar-refractivity contribution >= 4 is 23.1 Å². The van der Waals surface area contributed by atoms with E-state index >= 15 is 0 Å². The van der Waals surface area contributed by atoms with Crippen LogP contribution in [0.4, 0.5) is 0 Å². The molecule has 1 atom stereocenters. The molecule has 0 N–H and O–H groups in total. The van der Waals surface area contributed by atoms with E-state index in [0.717, 1.165) is 16.7 Å². The molecule has 0 bridgehead atoms. The van der Waals surface area contributed by atoms with Gasteiger partial charge in [-0.25, -0.2) is 0 Å². The summed E-state index contributed by atoms with van der Waals surface area (Å²) in [7, 11) is 0. The first-order chi connectivity index (χ1) is 15.9. The molecule has 33 heavy (non-hydrogen) atoms. The van der Waals surface area contributed by atoms with Crippen LogP contribution >= 0.6 is 23.1 Å². The van der Waals surface area contributed by atoms with Gasteiger partial charge in [0.25, 0.3) is 0 Å². The number of thioether (sulfide) groups is 1. The van der Waals surface area contributed by atoms with Crippen LogP contribution in [0, 0.1) is 34.6 Å². The number of aromatic nitrogens is 1. The van der Waals surface area contributed by atoms with Gasteiger partial charge in [0.2, 0.25) is 0 Å². The quantitative estimate of drug-likeness (QED) is 0.250. The number of rotatable bonds is 0. The second-order valence-corrected chi connectivity index (χ2v) is 10.5. The minimum Gasteiger partial charge on any atom is -0.470 e. The van der Waals surface area contributed by atoms with E-state index in [1.165, 1.54) is 34.6 Å². The van der Waals surface area contributed by atoms with Crippen LogP contribution in [0.3, 0.4) is 0 Å². The zero-order chi connectivity index (χ0) is 24.3. The summed E-state index contributed by atoms with van der Waals surface area (Å²) in [6, 6.07) is 22.2. The van der Waals surface area contributed by atoms with Crippen molar-refractivity contribution in [1.82, 2.24) is 4.98 Å². The van der Waals surface area contributed by atoms with Crippen LogP contribution in [0.5, 0.6) is 0 Å². The Balaban J connectivity index is 0.000000207. The molecule has 0 radical (unpaired) electrons. The normalized spacial score (nSPS) is 13.6. The molecule has 0 amide bonds. The van der Waals surface area contributed by atoms with Crippen LogP contribution in [-0.2, 0) is 0 Å². The molecule has 1 aromatic carbocycles. The second kappa shape index (κ2) is 18.2. The maximum Gasteiger partial charge on any atom is 0.100 e. The second-order valence-electron chi connectivity index (χ2n) is 7.83. The van der Waals surface area contributed by atoms with Gasteiger partial charge in [0.1, 0.15) is 5.76 Å². The molecule has 1 unspecified atom stereocenters. The van der Waals surface area contributed by atoms with Crippen LogP contribution in [0.1, 0.15) is 47.2 Å². The van der Waals surface area contributed by atoms with Gasteiger partial charge in [-0.15, -0.1) is 11.3 Å². The predicted octanol–water partition coefficient (Wildman–Crippen LogP) is 9.24. The molecule has 5 rings (SSSR count). The van der Waals surface area contributed by atoms with Gasteiger partial charge in [-0.1, -0.05) is 43.3 Å². The molecule has 1 saturated heterocycles. The topological polar surface area (TPSA) is 26.0 Å². The van der Waals surface area contributed by atoms with E-state index in [4.69, 9.17) is 4.42 Å². The lowest BCUT2D eigenvalue weighted by Gasteiger charge is -1.93. The number of hydrogen-bond acceptors (Lipinski definition) is 4. The third kappa shape index (κ3) is 16.0. The maximum atomic E-state index is 4.83. The van der Waals surface area contributed by atoms with Gasteiger partial charge in [0, 0.05) is 22.0 Å². The highest BCUT2D eigenvalue weighted by Gasteiger charge is 2.07. The number of thiophene rings is 1. The van der Waals surface area contributed by atoms with E-state index in [0.29, 0.717) is 0 Å². The molecule has 178 valence electrons.